The van der Waals surface area contributed by atoms with E-state index in [2.05, 4.69) is 15.3 Å². The highest BCUT2D eigenvalue weighted by Crippen LogP contribution is 2.32. The number of hydrogen-bond acceptors (Lipinski definition) is 3. The first-order valence-electron chi connectivity index (χ1n) is 8.54. The predicted molar refractivity (Wildman–Crippen MR) is 105 cm³/mol. The van der Waals surface area contributed by atoms with Crippen molar-refractivity contribution in [1.29, 1.82) is 0 Å². The molecule has 0 radical (unpaired) electrons. The number of imidazole rings is 2. The van der Waals surface area contributed by atoms with Crippen LogP contribution in [0.25, 0.3) is 33.5 Å². The summed E-state index contributed by atoms with van der Waals surface area (Å²) < 4.78 is 3.23. The first kappa shape index (κ1) is 16.8. The van der Waals surface area contributed by atoms with Crippen LogP contribution in [0.15, 0.2) is 53.3 Å². The molecule has 4 rings (SSSR count). The third kappa shape index (κ3) is 2.83. The van der Waals surface area contributed by atoms with Gasteiger partial charge in [-0.3, -0.25) is 19.2 Å². The van der Waals surface area contributed by atoms with E-state index < -0.39 is 0 Å². The Kier molecular flexibility index (Phi) is 3.92. The fourth-order valence-corrected chi connectivity index (χ4v) is 3.28. The molecule has 1 amide bonds. The smallest absolute Gasteiger partial charge is 0.323 e. The molecule has 0 aliphatic rings. The molecule has 136 valence electrons. The molecule has 0 bridgehead atoms. The van der Waals surface area contributed by atoms with Crippen LogP contribution >= 0.6 is 0 Å². The number of aryl methyl sites for hydroxylation is 2. The van der Waals surface area contributed by atoms with Gasteiger partial charge < -0.3 is 4.98 Å². The number of aromatic nitrogens is 4. The lowest BCUT2D eigenvalue weighted by Crippen LogP contribution is -2.19. The van der Waals surface area contributed by atoms with E-state index in [4.69, 9.17) is 0 Å². The number of anilines is 1. The van der Waals surface area contributed by atoms with E-state index in [1.165, 1.54) is 6.92 Å². The summed E-state index contributed by atoms with van der Waals surface area (Å²) in [4.78, 5) is 31.4. The third-order valence-corrected chi connectivity index (χ3v) is 4.61. The molecule has 0 atom stereocenters. The minimum atomic E-state index is -0.198. The lowest BCUT2D eigenvalue weighted by Gasteiger charge is -2.04. The first-order chi connectivity index (χ1) is 13.0. The van der Waals surface area contributed by atoms with Crippen molar-refractivity contribution < 1.29 is 4.79 Å². The number of nitrogens with zero attached hydrogens (tertiary/aromatic N) is 3. The zero-order chi connectivity index (χ0) is 19.1. The summed E-state index contributed by atoms with van der Waals surface area (Å²) in [5, 5.41) is 2.70. The van der Waals surface area contributed by atoms with Gasteiger partial charge in [-0.25, -0.2) is 9.78 Å². The zero-order valence-corrected chi connectivity index (χ0v) is 15.3. The molecule has 0 aliphatic heterocycles. The Morgan fingerprint density at radius 1 is 1.00 bits per heavy atom. The minimum absolute atomic E-state index is 0.0774. The molecule has 0 saturated heterocycles. The first-order valence-corrected chi connectivity index (χ1v) is 8.54. The average Bonchev–Trinajstić information content (AvgIpc) is 3.17. The van der Waals surface area contributed by atoms with Gasteiger partial charge in [0, 0.05) is 32.1 Å². The number of carbonyl (C=O) groups excluding carboxylic acids is 1. The highest BCUT2D eigenvalue weighted by atomic mass is 16.2. The molecule has 27 heavy (non-hydrogen) atoms. The quantitative estimate of drug-likeness (QED) is 0.588. The van der Waals surface area contributed by atoms with Gasteiger partial charge in [-0.1, -0.05) is 36.4 Å². The van der Waals surface area contributed by atoms with Crippen molar-refractivity contribution in [2.24, 2.45) is 14.1 Å². The second-order valence-electron chi connectivity index (χ2n) is 6.46. The fourth-order valence-electron chi connectivity index (χ4n) is 3.28. The van der Waals surface area contributed by atoms with Crippen LogP contribution < -0.4 is 11.0 Å². The number of benzene rings is 2. The van der Waals surface area contributed by atoms with Gasteiger partial charge >= 0.3 is 5.69 Å². The lowest BCUT2D eigenvalue weighted by atomic mass is 10.0. The summed E-state index contributed by atoms with van der Waals surface area (Å²) in [5.74, 6) is 0.189. The number of hydrogen-bond donors (Lipinski definition) is 2. The second-order valence-corrected chi connectivity index (χ2v) is 6.46. The molecule has 2 N–H and O–H groups in total. The highest BCUT2D eigenvalue weighted by Gasteiger charge is 2.17. The molecule has 0 spiro atoms. The van der Waals surface area contributed by atoms with Crippen LogP contribution in [0.2, 0.25) is 0 Å². The monoisotopic (exact) mass is 361 g/mol. The predicted octanol–water partition coefficient (Wildman–Crippen LogP) is 2.89. The van der Waals surface area contributed by atoms with Gasteiger partial charge in [0.1, 0.15) is 0 Å². The van der Waals surface area contributed by atoms with Crippen molar-refractivity contribution in [3.05, 3.63) is 59.0 Å². The van der Waals surface area contributed by atoms with E-state index in [0.717, 1.165) is 27.9 Å². The molecule has 0 saturated carbocycles. The summed E-state index contributed by atoms with van der Waals surface area (Å²) in [6.45, 7) is 1.44. The number of rotatable bonds is 3. The van der Waals surface area contributed by atoms with Gasteiger partial charge in [0.25, 0.3) is 0 Å². The number of aromatic amines is 1. The number of amides is 1. The van der Waals surface area contributed by atoms with E-state index in [0.29, 0.717) is 11.6 Å². The maximum Gasteiger partial charge on any atom is 0.328 e. The summed E-state index contributed by atoms with van der Waals surface area (Å²) in [6.07, 6.45) is 0. The highest BCUT2D eigenvalue weighted by molar-refractivity contribution is 5.90. The van der Waals surface area contributed by atoms with E-state index >= 15 is 0 Å². The van der Waals surface area contributed by atoms with Gasteiger partial charge in [0.05, 0.1) is 22.4 Å². The summed E-state index contributed by atoms with van der Waals surface area (Å²) >= 11 is 0. The minimum Gasteiger partial charge on any atom is -0.323 e. The molecule has 7 nitrogen and oxygen atoms in total. The molecule has 2 heterocycles. The SMILES string of the molecule is CC(=O)Nc1nc(-c2ccc3c(c2)n(C)c(=O)n3C)c(-c2ccccc2)[nH]1. The number of nitrogens with one attached hydrogen (secondary N) is 2. The number of fused-ring (bicyclic) bond motifs is 1. The Morgan fingerprint density at radius 3 is 2.41 bits per heavy atom. The lowest BCUT2D eigenvalue weighted by molar-refractivity contribution is -0.114. The van der Waals surface area contributed by atoms with Gasteiger partial charge in [-0.15, -0.1) is 0 Å². The Hall–Kier alpha value is -3.61. The molecular weight excluding hydrogens is 342 g/mol. The topological polar surface area (TPSA) is 84.7 Å². The van der Waals surface area contributed by atoms with Crippen LogP contribution in [0.4, 0.5) is 5.95 Å². The molecule has 0 unspecified atom stereocenters. The molecule has 2 aromatic carbocycles. The van der Waals surface area contributed by atoms with Crippen molar-refractivity contribution in [2.75, 3.05) is 5.32 Å². The largest absolute Gasteiger partial charge is 0.328 e. The summed E-state index contributed by atoms with van der Waals surface area (Å²) in [7, 11) is 3.50. The van der Waals surface area contributed by atoms with Crippen LogP contribution in [-0.2, 0) is 18.9 Å². The molecule has 0 aliphatic carbocycles. The Labute approximate surface area is 155 Å². The van der Waals surface area contributed by atoms with Crippen LogP contribution in [0.3, 0.4) is 0 Å². The molecule has 7 heteroatoms. The standard InChI is InChI=1S/C20H19N5O2/c1-12(26)21-19-22-17(13-7-5-4-6-8-13)18(23-19)14-9-10-15-16(11-14)25(3)20(27)24(15)2/h4-11H,1-3H3,(H2,21,22,23,26). The molecule has 0 fully saturated rings. The maximum absolute atomic E-state index is 12.2. The van der Waals surface area contributed by atoms with E-state index in [1.807, 2.05) is 48.5 Å². The van der Waals surface area contributed by atoms with Crippen molar-refractivity contribution in [2.45, 2.75) is 6.92 Å². The van der Waals surface area contributed by atoms with Crippen LogP contribution in [0.5, 0.6) is 0 Å². The van der Waals surface area contributed by atoms with Crippen molar-refractivity contribution in [3.8, 4) is 22.5 Å². The summed E-state index contributed by atoms with van der Waals surface area (Å²) in [5.41, 5.74) is 4.93. The van der Waals surface area contributed by atoms with Crippen molar-refractivity contribution in [3.63, 3.8) is 0 Å². The Bertz CT molecular complexity index is 1210. The average molecular weight is 361 g/mol. The van der Waals surface area contributed by atoms with Crippen LogP contribution in [-0.4, -0.2) is 25.0 Å². The van der Waals surface area contributed by atoms with E-state index in [9.17, 15) is 9.59 Å². The van der Waals surface area contributed by atoms with Crippen molar-refractivity contribution >= 4 is 22.9 Å². The third-order valence-electron chi connectivity index (χ3n) is 4.61. The Morgan fingerprint density at radius 2 is 1.70 bits per heavy atom. The van der Waals surface area contributed by atoms with Gasteiger partial charge in [0.2, 0.25) is 11.9 Å². The van der Waals surface area contributed by atoms with Gasteiger partial charge in [-0.05, 0) is 12.1 Å². The zero-order valence-electron chi connectivity index (χ0n) is 15.3. The summed E-state index contributed by atoms with van der Waals surface area (Å²) in [6, 6.07) is 15.6. The van der Waals surface area contributed by atoms with Gasteiger partial charge in [0.15, 0.2) is 0 Å². The van der Waals surface area contributed by atoms with E-state index in [-0.39, 0.29) is 11.6 Å². The molecular formula is C20H19N5O2. The maximum atomic E-state index is 12.2. The molecule has 2 aromatic heterocycles. The van der Waals surface area contributed by atoms with E-state index in [1.54, 1.807) is 23.2 Å². The molecule has 4 aromatic rings. The number of H-pyrrole nitrogens is 1. The van der Waals surface area contributed by atoms with Crippen LogP contribution in [0, 0.1) is 0 Å². The normalized spacial score (nSPS) is 11.1. The number of carbonyl (C=O) groups is 1. The Balaban J connectivity index is 1.93. The van der Waals surface area contributed by atoms with Crippen LogP contribution in [0.1, 0.15) is 6.92 Å². The van der Waals surface area contributed by atoms with Crippen molar-refractivity contribution in [1.82, 2.24) is 19.1 Å². The van der Waals surface area contributed by atoms with Gasteiger partial charge in [-0.2, -0.15) is 0 Å². The second kappa shape index (κ2) is 6.28. The fraction of sp³-hybridized carbons (Fsp3) is 0.150.